The molecular weight excluding hydrogens is 229 g/mol. The first-order valence-corrected chi connectivity index (χ1v) is 5.81. The molecule has 0 aliphatic rings. The molecule has 1 atom stereocenters. The number of pyridine rings is 1. The van der Waals surface area contributed by atoms with E-state index in [1.165, 1.54) is 6.07 Å². The van der Waals surface area contributed by atoms with Crippen LogP contribution in [0.4, 0.5) is 15.9 Å². The van der Waals surface area contributed by atoms with Crippen molar-refractivity contribution in [3.05, 3.63) is 53.5 Å². The first-order valence-electron chi connectivity index (χ1n) is 5.81. The fraction of sp³-hybridized carbons (Fsp3) is 0.214. The van der Waals surface area contributed by atoms with E-state index >= 15 is 0 Å². The highest BCUT2D eigenvalue weighted by Crippen LogP contribution is 2.25. The molecule has 2 aromatic rings. The summed E-state index contributed by atoms with van der Waals surface area (Å²) in [6.07, 6.45) is 1.68. The van der Waals surface area contributed by atoms with E-state index in [4.69, 9.17) is 5.73 Å². The van der Waals surface area contributed by atoms with Crippen LogP contribution in [0.1, 0.15) is 24.1 Å². The van der Waals surface area contributed by atoms with Gasteiger partial charge in [0.05, 0.1) is 11.7 Å². The third kappa shape index (κ3) is 2.42. The summed E-state index contributed by atoms with van der Waals surface area (Å²) in [6.45, 7) is 3.79. The molecule has 0 radical (unpaired) electrons. The minimum atomic E-state index is -0.233. The van der Waals surface area contributed by atoms with Crippen molar-refractivity contribution in [1.29, 1.82) is 0 Å². The van der Waals surface area contributed by atoms with Gasteiger partial charge in [-0.2, -0.15) is 0 Å². The molecule has 0 spiro atoms. The van der Waals surface area contributed by atoms with Crippen LogP contribution in [0.5, 0.6) is 0 Å². The highest BCUT2D eigenvalue weighted by molar-refractivity contribution is 5.65. The smallest absolute Gasteiger partial charge is 0.149 e. The summed E-state index contributed by atoms with van der Waals surface area (Å²) in [4.78, 5) is 4.18. The van der Waals surface area contributed by atoms with Gasteiger partial charge in [-0.15, -0.1) is 0 Å². The van der Waals surface area contributed by atoms with Crippen LogP contribution in [0.3, 0.4) is 0 Å². The van der Waals surface area contributed by atoms with Crippen LogP contribution in [0, 0.1) is 12.7 Å². The van der Waals surface area contributed by atoms with E-state index in [9.17, 15) is 4.39 Å². The predicted molar refractivity (Wildman–Crippen MR) is 71.8 cm³/mol. The molecule has 1 heterocycles. The van der Waals surface area contributed by atoms with Gasteiger partial charge in [-0.3, -0.25) is 0 Å². The molecule has 0 saturated carbocycles. The first-order chi connectivity index (χ1) is 8.59. The SMILES string of the molecule is Cc1ccnc(NC(C)c2ccccc2F)c1N. The Morgan fingerprint density at radius 3 is 2.72 bits per heavy atom. The Morgan fingerprint density at radius 2 is 2.00 bits per heavy atom. The number of aryl methyl sites for hydroxylation is 1. The number of rotatable bonds is 3. The summed E-state index contributed by atoms with van der Waals surface area (Å²) < 4.78 is 13.6. The Hall–Kier alpha value is -2.10. The molecule has 1 aromatic carbocycles. The molecule has 94 valence electrons. The Bertz CT molecular complexity index is 554. The average Bonchev–Trinajstić information content (AvgIpc) is 2.35. The van der Waals surface area contributed by atoms with Crippen molar-refractivity contribution < 1.29 is 4.39 Å². The minimum absolute atomic E-state index is 0.192. The van der Waals surface area contributed by atoms with Crippen molar-refractivity contribution in [2.45, 2.75) is 19.9 Å². The molecule has 0 bridgehead atoms. The highest BCUT2D eigenvalue weighted by atomic mass is 19.1. The standard InChI is InChI=1S/C14H16FN3/c1-9-7-8-17-14(13(9)16)18-10(2)11-5-3-4-6-12(11)15/h3-8,10H,16H2,1-2H3,(H,17,18). The number of hydrogen-bond donors (Lipinski definition) is 2. The summed E-state index contributed by atoms with van der Waals surface area (Å²) in [7, 11) is 0. The molecule has 0 aliphatic carbocycles. The largest absolute Gasteiger partial charge is 0.396 e. The Balaban J connectivity index is 2.24. The second-order valence-corrected chi connectivity index (χ2v) is 4.28. The lowest BCUT2D eigenvalue weighted by atomic mass is 10.1. The quantitative estimate of drug-likeness (QED) is 0.872. The van der Waals surface area contributed by atoms with Gasteiger partial charge in [0.25, 0.3) is 0 Å². The molecule has 1 aromatic heterocycles. The van der Waals surface area contributed by atoms with Gasteiger partial charge in [0.1, 0.15) is 11.6 Å². The lowest BCUT2D eigenvalue weighted by Gasteiger charge is -2.17. The van der Waals surface area contributed by atoms with E-state index in [1.54, 1.807) is 18.3 Å². The highest BCUT2D eigenvalue weighted by Gasteiger charge is 2.12. The molecule has 0 fully saturated rings. The van der Waals surface area contributed by atoms with E-state index in [2.05, 4.69) is 10.3 Å². The monoisotopic (exact) mass is 245 g/mol. The maximum Gasteiger partial charge on any atom is 0.149 e. The van der Waals surface area contributed by atoms with Gasteiger partial charge < -0.3 is 11.1 Å². The number of nitrogens with one attached hydrogen (secondary N) is 1. The van der Waals surface area contributed by atoms with Crippen LogP contribution in [0.25, 0.3) is 0 Å². The van der Waals surface area contributed by atoms with Crippen molar-refractivity contribution in [1.82, 2.24) is 4.98 Å². The molecule has 4 heteroatoms. The summed E-state index contributed by atoms with van der Waals surface area (Å²) in [5.41, 5.74) is 8.08. The van der Waals surface area contributed by atoms with Crippen molar-refractivity contribution in [3.8, 4) is 0 Å². The topological polar surface area (TPSA) is 50.9 Å². The van der Waals surface area contributed by atoms with Gasteiger partial charge in [0, 0.05) is 11.8 Å². The van der Waals surface area contributed by atoms with Crippen LogP contribution < -0.4 is 11.1 Å². The first kappa shape index (κ1) is 12.4. The van der Waals surface area contributed by atoms with Crippen molar-refractivity contribution >= 4 is 11.5 Å². The maximum absolute atomic E-state index is 13.6. The number of anilines is 2. The normalized spacial score (nSPS) is 12.2. The average molecular weight is 245 g/mol. The van der Waals surface area contributed by atoms with Gasteiger partial charge in [0.15, 0.2) is 0 Å². The third-order valence-electron chi connectivity index (χ3n) is 2.93. The lowest BCUT2D eigenvalue weighted by Crippen LogP contribution is -2.11. The zero-order valence-electron chi connectivity index (χ0n) is 10.4. The van der Waals surface area contributed by atoms with Crippen LogP contribution >= 0.6 is 0 Å². The molecule has 1 unspecified atom stereocenters. The molecule has 0 aliphatic heterocycles. The van der Waals surface area contributed by atoms with Gasteiger partial charge in [0.2, 0.25) is 0 Å². The van der Waals surface area contributed by atoms with Gasteiger partial charge in [-0.1, -0.05) is 18.2 Å². The molecule has 3 nitrogen and oxygen atoms in total. The van der Waals surface area contributed by atoms with Crippen molar-refractivity contribution in [2.75, 3.05) is 11.1 Å². The van der Waals surface area contributed by atoms with E-state index in [0.29, 0.717) is 17.1 Å². The summed E-state index contributed by atoms with van der Waals surface area (Å²) in [5.74, 6) is 0.356. The van der Waals surface area contributed by atoms with E-state index in [1.807, 2.05) is 26.0 Å². The molecule has 0 amide bonds. The summed E-state index contributed by atoms with van der Waals surface area (Å²) in [5, 5.41) is 3.13. The Morgan fingerprint density at radius 1 is 1.28 bits per heavy atom. The van der Waals surface area contributed by atoms with Crippen LogP contribution in [0.2, 0.25) is 0 Å². The number of nitrogen functional groups attached to an aromatic ring is 1. The number of nitrogens with zero attached hydrogens (tertiary/aromatic N) is 1. The second-order valence-electron chi connectivity index (χ2n) is 4.28. The van der Waals surface area contributed by atoms with Crippen LogP contribution in [-0.2, 0) is 0 Å². The fourth-order valence-corrected chi connectivity index (χ4v) is 1.79. The lowest BCUT2D eigenvalue weighted by molar-refractivity contribution is 0.600. The molecule has 18 heavy (non-hydrogen) atoms. The van der Waals surface area contributed by atoms with E-state index in [-0.39, 0.29) is 11.9 Å². The molecular formula is C14H16FN3. The molecule has 2 rings (SSSR count). The van der Waals surface area contributed by atoms with Gasteiger partial charge >= 0.3 is 0 Å². The fourth-order valence-electron chi connectivity index (χ4n) is 1.79. The minimum Gasteiger partial charge on any atom is -0.396 e. The van der Waals surface area contributed by atoms with Crippen LogP contribution in [0.15, 0.2) is 36.5 Å². The number of benzene rings is 1. The molecule has 3 N–H and O–H groups in total. The van der Waals surface area contributed by atoms with Gasteiger partial charge in [-0.25, -0.2) is 9.37 Å². The summed E-state index contributed by atoms with van der Waals surface area (Å²) >= 11 is 0. The van der Waals surface area contributed by atoms with E-state index < -0.39 is 0 Å². The zero-order chi connectivity index (χ0) is 13.1. The predicted octanol–water partition coefficient (Wildman–Crippen LogP) is 3.28. The van der Waals surface area contributed by atoms with Crippen LogP contribution in [-0.4, -0.2) is 4.98 Å². The number of halogens is 1. The number of aromatic nitrogens is 1. The molecule has 0 saturated heterocycles. The van der Waals surface area contributed by atoms with Gasteiger partial charge in [-0.05, 0) is 31.5 Å². The van der Waals surface area contributed by atoms with E-state index in [0.717, 1.165) is 5.56 Å². The van der Waals surface area contributed by atoms with Crippen molar-refractivity contribution in [2.24, 2.45) is 0 Å². The summed E-state index contributed by atoms with van der Waals surface area (Å²) in [6, 6.07) is 8.32. The third-order valence-corrected chi connectivity index (χ3v) is 2.93. The van der Waals surface area contributed by atoms with Crippen molar-refractivity contribution in [3.63, 3.8) is 0 Å². The maximum atomic E-state index is 13.6. The number of hydrogen-bond acceptors (Lipinski definition) is 3. The second kappa shape index (κ2) is 5.04. The Labute approximate surface area is 106 Å². The number of nitrogens with two attached hydrogens (primary N) is 1. The zero-order valence-corrected chi connectivity index (χ0v) is 10.4. The Kier molecular flexibility index (Phi) is 3.46.